The molecule has 0 fully saturated rings. The van der Waals surface area contributed by atoms with Gasteiger partial charge in [0.2, 0.25) is 0 Å². The van der Waals surface area contributed by atoms with Crippen LogP contribution in [0.15, 0.2) is 58.7 Å². The highest BCUT2D eigenvalue weighted by Crippen LogP contribution is 2.32. The van der Waals surface area contributed by atoms with Crippen LogP contribution in [0.4, 0.5) is 10.7 Å². The molecule has 0 aliphatic heterocycles. The molecule has 11 heteroatoms. The Hall–Kier alpha value is -4.38. The minimum atomic E-state index is -0.757. The average molecular weight is 507 g/mol. The van der Waals surface area contributed by atoms with Crippen molar-refractivity contribution < 1.29 is 19.2 Å². The second kappa shape index (κ2) is 10.1. The number of hydrogen-bond acceptors (Lipinski definition) is 8. The number of nitro benzene ring substituents is 1. The highest BCUT2D eigenvalue weighted by atomic mass is 32.1. The second-order valence-corrected chi connectivity index (χ2v) is 8.99. The van der Waals surface area contributed by atoms with E-state index >= 15 is 0 Å². The van der Waals surface area contributed by atoms with Crippen molar-refractivity contribution in [3.05, 3.63) is 91.2 Å². The van der Waals surface area contributed by atoms with Gasteiger partial charge >= 0.3 is 5.97 Å². The van der Waals surface area contributed by atoms with E-state index in [1.807, 2.05) is 26.0 Å². The number of nitrogens with one attached hydrogen (secondary N) is 1. The maximum Gasteiger partial charge on any atom is 0.359 e. The third kappa shape index (κ3) is 4.60. The average Bonchev–Trinajstić information content (AvgIpc) is 3.28. The predicted molar refractivity (Wildman–Crippen MR) is 136 cm³/mol. The lowest BCUT2D eigenvalue weighted by Gasteiger charge is -2.11. The monoisotopic (exact) mass is 506 g/mol. The molecule has 4 aromatic rings. The van der Waals surface area contributed by atoms with Gasteiger partial charge in [-0.25, -0.2) is 4.79 Å². The minimum absolute atomic E-state index is 0.0536. The molecule has 10 nitrogen and oxygen atoms in total. The van der Waals surface area contributed by atoms with Gasteiger partial charge in [-0.2, -0.15) is 9.78 Å². The zero-order chi connectivity index (χ0) is 26.0. The van der Waals surface area contributed by atoms with Crippen LogP contribution >= 0.6 is 11.3 Å². The fourth-order valence-corrected chi connectivity index (χ4v) is 4.59. The Labute approximate surface area is 209 Å². The van der Waals surface area contributed by atoms with Gasteiger partial charge in [0.1, 0.15) is 10.6 Å². The number of benzene rings is 2. The molecular formula is C25H22N4O6S. The number of amides is 1. The van der Waals surface area contributed by atoms with Gasteiger partial charge in [0, 0.05) is 16.8 Å². The number of hydrogen-bond donors (Lipinski definition) is 1. The van der Waals surface area contributed by atoms with Crippen molar-refractivity contribution in [3.8, 4) is 5.69 Å². The van der Waals surface area contributed by atoms with Crippen molar-refractivity contribution in [2.45, 2.75) is 26.7 Å². The van der Waals surface area contributed by atoms with Crippen molar-refractivity contribution in [1.29, 1.82) is 0 Å². The molecule has 2 aromatic heterocycles. The number of nitrogens with zero attached hydrogens (tertiary/aromatic N) is 3. The van der Waals surface area contributed by atoms with E-state index in [4.69, 9.17) is 4.74 Å². The van der Waals surface area contributed by atoms with Crippen molar-refractivity contribution in [2.75, 3.05) is 11.9 Å². The SMILES string of the molecule is CCOC(=O)c1nn(-c2ccc(C(C)C)cc2)c(=O)c2c(NC(=O)c3ccccc3[N+](=O)[O-])scc12. The Kier molecular flexibility index (Phi) is 6.93. The first-order chi connectivity index (χ1) is 17.2. The van der Waals surface area contributed by atoms with Crippen LogP contribution in [0.3, 0.4) is 0 Å². The van der Waals surface area contributed by atoms with Crippen LogP contribution in [-0.4, -0.2) is 33.2 Å². The van der Waals surface area contributed by atoms with Crippen molar-refractivity contribution in [3.63, 3.8) is 0 Å². The molecule has 2 heterocycles. The quantitative estimate of drug-likeness (QED) is 0.214. The van der Waals surface area contributed by atoms with Crippen LogP contribution in [0.5, 0.6) is 0 Å². The number of thiophene rings is 1. The zero-order valence-electron chi connectivity index (χ0n) is 19.7. The standard InChI is InChI=1S/C25H22N4O6S/c1-4-35-25(32)21-18-13-36-23(26-22(30)17-7-5-6-8-19(17)29(33)34)20(18)24(31)28(27-21)16-11-9-15(10-12-16)14(2)3/h5-14H,4H2,1-3H3,(H,26,30). The summed E-state index contributed by atoms with van der Waals surface area (Å²) in [7, 11) is 0. The highest BCUT2D eigenvalue weighted by Gasteiger charge is 2.25. The Morgan fingerprint density at radius 1 is 1.17 bits per heavy atom. The largest absolute Gasteiger partial charge is 0.461 e. The first kappa shape index (κ1) is 24.7. The van der Waals surface area contributed by atoms with Gasteiger partial charge in [0.25, 0.3) is 17.2 Å². The van der Waals surface area contributed by atoms with Crippen LogP contribution in [0.1, 0.15) is 53.1 Å². The number of rotatable bonds is 7. The van der Waals surface area contributed by atoms with Gasteiger partial charge in [-0.15, -0.1) is 11.3 Å². The number of carbonyl (C=O) groups excluding carboxylic acids is 2. The number of carbonyl (C=O) groups is 2. The minimum Gasteiger partial charge on any atom is -0.461 e. The molecule has 2 aromatic carbocycles. The summed E-state index contributed by atoms with van der Waals surface area (Å²) in [6.07, 6.45) is 0. The van der Waals surface area contributed by atoms with Gasteiger partial charge < -0.3 is 10.1 Å². The molecule has 4 rings (SSSR count). The maximum atomic E-state index is 13.6. The van der Waals surface area contributed by atoms with E-state index in [0.29, 0.717) is 5.69 Å². The van der Waals surface area contributed by atoms with Crippen LogP contribution < -0.4 is 10.9 Å². The summed E-state index contributed by atoms with van der Waals surface area (Å²) in [5.41, 5.74) is 0.322. The van der Waals surface area contributed by atoms with Gasteiger partial charge in [-0.1, -0.05) is 38.1 Å². The Morgan fingerprint density at radius 3 is 2.50 bits per heavy atom. The molecule has 0 bridgehead atoms. The van der Waals surface area contributed by atoms with Gasteiger partial charge in [0.15, 0.2) is 5.69 Å². The number of anilines is 1. The topological polar surface area (TPSA) is 133 Å². The number of nitro groups is 1. The molecule has 0 aliphatic rings. The van der Waals surface area contributed by atoms with E-state index in [0.717, 1.165) is 21.6 Å². The molecule has 0 unspecified atom stereocenters. The van der Waals surface area contributed by atoms with Crippen molar-refractivity contribution in [1.82, 2.24) is 9.78 Å². The van der Waals surface area contributed by atoms with Crippen molar-refractivity contribution in [2.24, 2.45) is 0 Å². The molecule has 36 heavy (non-hydrogen) atoms. The molecule has 0 radical (unpaired) electrons. The third-order valence-corrected chi connectivity index (χ3v) is 6.39. The molecule has 1 amide bonds. The van der Waals surface area contributed by atoms with Crippen LogP contribution in [0.25, 0.3) is 16.5 Å². The summed E-state index contributed by atoms with van der Waals surface area (Å²) in [4.78, 5) is 49.9. The number of ether oxygens (including phenoxy) is 1. The normalized spacial score (nSPS) is 11.0. The Morgan fingerprint density at radius 2 is 1.86 bits per heavy atom. The Balaban J connectivity index is 1.87. The van der Waals surface area contributed by atoms with E-state index in [9.17, 15) is 24.5 Å². The lowest BCUT2D eigenvalue weighted by Crippen LogP contribution is -2.25. The molecular weight excluding hydrogens is 484 g/mol. The first-order valence-electron chi connectivity index (χ1n) is 11.1. The van der Waals surface area contributed by atoms with E-state index in [1.165, 1.54) is 29.6 Å². The zero-order valence-corrected chi connectivity index (χ0v) is 20.5. The summed E-state index contributed by atoms with van der Waals surface area (Å²) in [5.74, 6) is -1.20. The highest BCUT2D eigenvalue weighted by molar-refractivity contribution is 7.16. The third-order valence-electron chi connectivity index (χ3n) is 5.50. The predicted octanol–water partition coefficient (Wildman–Crippen LogP) is 4.91. The smallest absolute Gasteiger partial charge is 0.359 e. The van der Waals surface area contributed by atoms with Gasteiger partial charge in [-0.3, -0.25) is 19.7 Å². The number of para-hydroxylation sites is 1. The molecule has 184 valence electrons. The second-order valence-electron chi connectivity index (χ2n) is 8.11. The summed E-state index contributed by atoms with van der Waals surface area (Å²) < 4.78 is 6.23. The van der Waals surface area contributed by atoms with Crippen molar-refractivity contribution >= 4 is 44.7 Å². The number of aromatic nitrogens is 2. The molecule has 0 spiro atoms. The molecule has 1 N–H and O–H groups in total. The molecule has 0 saturated carbocycles. The lowest BCUT2D eigenvalue weighted by molar-refractivity contribution is -0.385. The fourth-order valence-electron chi connectivity index (χ4n) is 3.66. The van der Waals surface area contributed by atoms with Crippen LogP contribution in [0, 0.1) is 10.1 Å². The summed E-state index contributed by atoms with van der Waals surface area (Å²) in [6, 6.07) is 12.7. The molecule has 0 saturated heterocycles. The van der Waals surface area contributed by atoms with Gasteiger partial charge in [-0.05, 0) is 36.6 Å². The summed E-state index contributed by atoms with van der Waals surface area (Å²) in [5, 5.41) is 20.2. The summed E-state index contributed by atoms with van der Waals surface area (Å²) in [6.45, 7) is 5.85. The number of esters is 1. The van der Waals surface area contributed by atoms with Crippen LogP contribution in [-0.2, 0) is 4.74 Å². The van der Waals surface area contributed by atoms with Gasteiger partial charge in [0.05, 0.1) is 22.6 Å². The summed E-state index contributed by atoms with van der Waals surface area (Å²) >= 11 is 1.01. The maximum absolute atomic E-state index is 13.6. The van der Waals surface area contributed by atoms with E-state index < -0.39 is 22.4 Å². The van der Waals surface area contributed by atoms with E-state index in [-0.39, 0.29) is 45.2 Å². The van der Waals surface area contributed by atoms with Crippen LogP contribution in [0.2, 0.25) is 0 Å². The lowest BCUT2D eigenvalue weighted by atomic mass is 10.0. The van der Waals surface area contributed by atoms with E-state index in [1.54, 1.807) is 19.1 Å². The molecule has 0 atom stereocenters. The Bertz CT molecular complexity index is 1540. The number of fused-ring (bicyclic) bond motifs is 1. The first-order valence-corrected chi connectivity index (χ1v) is 12.0. The fraction of sp³-hybridized carbons (Fsp3) is 0.200. The molecule has 0 aliphatic carbocycles. The van der Waals surface area contributed by atoms with E-state index in [2.05, 4.69) is 10.4 Å².